The minimum Gasteiger partial charge on any atom is -0.370 e. The molecule has 2 aromatic heterocycles. The number of para-hydroxylation sites is 1. The fourth-order valence-corrected chi connectivity index (χ4v) is 4.13. The monoisotopic (exact) mass is 327 g/mol. The lowest BCUT2D eigenvalue weighted by Crippen LogP contribution is -2.33. The highest BCUT2D eigenvalue weighted by Gasteiger charge is 2.22. The van der Waals surface area contributed by atoms with E-state index in [0.29, 0.717) is 5.92 Å². The topological polar surface area (TPSA) is 20.5 Å². The number of anilines is 1. The van der Waals surface area contributed by atoms with E-state index in [1.54, 1.807) is 0 Å². The average Bonchev–Trinajstić information content (AvgIpc) is 3.18. The fraction of sp³-hybridized carbons (Fsp3) is 0.227. The summed E-state index contributed by atoms with van der Waals surface area (Å²) in [6, 6.07) is 21.6. The Morgan fingerprint density at radius 1 is 0.840 bits per heavy atom. The molecule has 0 spiro atoms. The Morgan fingerprint density at radius 2 is 1.68 bits per heavy atom. The van der Waals surface area contributed by atoms with Crippen LogP contribution in [-0.4, -0.2) is 22.5 Å². The molecule has 1 aliphatic rings. The smallest absolute Gasteiger partial charge is 0.110 e. The van der Waals surface area contributed by atoms with Gasteiger partial charge in [0.25, 0.3) is 0 Å². The van der Waals surface area contributed by atoms with Crippen LogP contribution in [0.25, 0.3) is 16.6 Å². The molecule has 1 fully saturated rings. The molecule has 124 valence electrons. The molecule has 4 aromatic rings. The molecule has 0 amide bonds. The van der Waals surface area contributed by atoms with Gasteiger partial charge in [-0.1, -0.05) is 36.4 Å². The van der Waals surface area contributed by atoms with Crippen LogP contribution < -0.4 is 4.90 Å². The van der Waals surface area contributed by atoms with Crippen LogP contribution in [0.4, 0.5) is 5.69 Å². The molecule has 0 bridgehead atoms. The van der Waals surface area contributed by atoms with Gasteiger partial charge in [-0.15, -0.1) is 0 Å². The van der Waals surface area contributed by atoms with Gasteiger partial charge in [-0.2, -0.15) is 0 Å². The summed E-state index contributed by atoms with van der Waals surface area (Å²) in [5.74, 6) is 0.677. The van der Waals surface area contributed by atoms with Crippen molar-refractivity contribution in [1.29, 1.82) is 0 Å². The van der Waals surface area contributed by atoms with Gasteiger partial charge in [-0.25, -0.2) is 0 Å². The van der Waals surface area contributed by atoms with Gasteiger partial charge in [0, 0.05) is 19.3 Å². The Kier molecular flexibility index (Phi) is 3.44. The van der Waals surface area contributed by atoms with Crippen molar-refractivity contribution in [2.45, 2.75) is 18.8 Å². The van der Waals surface area contributed by atoms with Crippen molar-refractivity contribution in [2.75, 3.05) is 18.0 Å². The molecule has 3 nitrogen and oxygen atoms in total. The summed E-state index contributed by atoms with van der Waals surface area (Å²) in [6.07, 6.45) is 6.49. The van der Waals surface area contributed by atoms with Crippen LogP contribution in [0.2, 0.25) is 0 Å². The lowest BCUT2D eigenvalue weighted by atomic mass is 9.89. The molecule has 0 aliphatic carbocycles. The Balaban J connectivity index is 1.46. The van der Waals surface area contributed by atoms with Gasteiger partial charge in [0.1, 0.15) is 5.52 Å². The van der Waals surface area contributed by atoms with Gasteiger partial charge in [-0.05, 0) is 48.6 Å². The second-order valence-corrected chi connectivity index (χ2v) is 6.88. The summed E-state index contributed by atoms with van der Waals surface area (Å²) in [5.41, 5.74) is 6.17. The molecule has 0 unspecified atom stereocenters. The van der Waals surface area contributed by atoms with E-state index in [1.165, 1.54) is 29.6 Å². The van der Waals surface area contributed by atoms with Crippen LogP contribution in [0.1, 0.15) is 24.3 Å². The highest BCUT2D eigenvalue weighted by atomic mass is 15.1. The van der Waals surface area contributed by atoms with E-state index >= 15 is 0 Å². The molecule has 1 aliphatic heterocycles. The summed E-state index contributed by atoms with van der Waals surface area (Å²) >= 11 is 0. The van der Waals surface area contributed by atoms with Crippen LogP contribution in [0, 0.1) is 0 Å². The second-order valence-electron chi connectivity index (χ2n) is 6.88. The highest BCUT2D eigenvalue weighted by Crippen LogP contribution is 2.33. The molecule has 25 heavy (non-hydrogen) atoms. The first-order chi connectivity index (χ1) is 12.4. The highest BCUT2D eigenvalue weighted by molar-refractivity contribution is 5.90. The lowest BCUT2D eigenvalue weighted by molar-refractivity contribution is 0.506. The Morgan fingerprint density at radius 3 is 2.52 bits per heavy atom. The van der Waals surface area contributed by atoms with Crippen molar-refractivity contribution in [3.8, 4) is 0 Å². The van der Waals surface area contributed by atoms with Crippen molar-refractivity contribution in [3.63, 3.8) is 0 Å². The standard InChI is InChI=1S/C22H21N3/c1-2-6-17(7-3-1)18-11-14-24(15-12-18)20-9-4-10-21-22(20)23-16-19-8-5-13-25(19)21/h1-10,13,16,18H,11-12,14-15H2. The largest absolute Gasteiger partial charge is 0.370 e. The Bertz CT molecular complexity index is 1010. The maximum Gasteiger partial charge on any atom is 0.110 e. The maximum atomic E-state index is 4.77. The van der Waals surface area contributed by atoms with Gasteiger partial charge in [0.15, 0.2) is 0 Å². The number of benzene rings is 2. The van der Waals surface area contributed by atoms with Crippen molar-refractivity contribution < 1.29 is 0 Å². The maximum absolute atomic E-state index is 4.77. The number of rotatable bonds is 2. The molecule has 0 N–H and O–H groups in total. The second kappa shape index (κ2) is 5.92. The van der Waals surface area contributed by atoms with Gasteiger partial charge in [0.2, 0.25) is 0 Å². The molecule has 5 rings (SSSR count). The molecule has 0 radical (unpaired) electrons. The predicted octanol–water partition coefficient (Wildman–Crippen LogP) is 4.87. The summed E-state index contributed by atoms with van der Waals surface area (Å²) in [7, 11) is 0. The van der Waals surface area contributed by atoms with Crippen molar-refractivity contribution in [2.24, 2.45) is 0 Å². The van der Waals surface area contributed by atoms with E-state index in [-0.39, 0.29) is 0 Å². The molecule has 3 heterocycles. The number of fused-ring (bicyclic) bond motifs is 3. The zero-order valence-corrected chi connectivity index (χ0v) is 14.2. The number of aromatic nitrogens is 2. The van der Waals surface area contributed by atoms with E-state index in [0.717, 1.165) is 24.1 Å². The first-order valence-electron chi connectivity index (χ1n) is 9.05. The van der Waals surface area contributed by atoms with E-state index in [2.05, 4.69) is 76.2 Å². The van der Waals surface area contributed by atoms with Crippen LogP contribution in [0.15, 0.2) is 73.1 Å². The molecular formula is C22H21N3. The zero-order chi connectivity index (χ0) is 16.6. The lowest BCUT2D eigenvalue weighted by Gasteiger charge is -2.34. The van der Waals surface area contributed by atoms with Crippen LogP contribution in [-0.2, 0) is 0 Å². The number of piperidine rings is 1. The summed E-state index contributed by atoms with van der Waals surface area (Å²) < 4.78 is 2.22. The van der Waals surface area contributed by atoms with E-state index in [9.17, 15) is 0 Å². The summed E-state index contributed by atoms with van der Waals surface area (Å²) in [5, 5.41) is 0. The molecular weight excluding hydrogens is 306 g/mol. The first-order valence-corrected chi connectivity index (χ1v) is 9.05. The molecule has 1 saturated heterocycles. The van der Waals surface area contributed by atoms with Crippen molar-refractivity contribution >= 4 is 22.2 Å². The molecule has 2 aromatic carbocycles. The molecule has 0 saturated carbocycles. The Hall–Kier alpha value is -2.81. The van der Waals surface area contributed by atoms with Crippen molar-refractivity contribution in [3.05, 3.63) is 78.6 Å². The minimum absolute atomic E-state index is 0.677. The third kappa shape index (κ3) is 2.47. The van der Waals surface area contributed by atoms with Gasteiger partial charge < -0.3 is 9.30 Å². The number of nitrogens with zero attached hydrogens (tertiary/aromatic N) is 3. The fourth-order valence-electron chi connectivity index (χ4n) is 4.13. The van der Waals surface area contributed by atoms with E-state index in [4.69, 9.17) is 4.98 Å². The minimum atomic E-state index is 0.677. The number of hydrogen-bond acceptors (Lipinski definition) is 2. The quantitative estimate of drug-likeness (QED) is 0.523. The first kappa shape index (κ1) is 14.5. The average molecular weight is 327 g/mol. The third-order valence-corrected chi connectivity index (χ3v) is 5.47. The van der Waals surface area contributed by atoms with Crippen LogP contribution in [0.3, 0.4) is 0 Å². The van der Waals surface area contributed by atoms with Crippen LogP contribution in [0.5, 0.6) is 0 Å². The zero-order valence-electron chi connectivity index (χ0n) is 14.2. The normalized spacial score (nSPS) is 15.9. The number of hydrogen-bond donors (Lipinski definition) is 0. The SMILES string of the molecule is c1ccc(C2CCN(c3cccc4c3ncc3cccn34)CC2)cc1. The van der Waals surface area contributed by atoms with Gasteiger partial charge in [-0.3, -0.25) is 4.98 Å². The van der Waals surface area contributed by atoms with Crippen molar-refractivity contribution in [1.82, 2.24) is 9.38 Å². The Labute approximate surface area is 147 Å². The molecule has 3 heteroatoms. The predicted molar refractivity (Wildman–Crippen MR) is 103 cm³/mol. The summed E-state index contributed by atoms with van der Waals surface area (Å²) in [6.45, 7) is 2.17. The van der Waals surface area contributed by atoms with Crippen LogP contribution >= 0.6 is 0 Å². The van der Waals surface area contributed by atoms with Gasteiger partial charge in [0.05, 0.1) is 22.9 Å². The van der Waals surface area contributed by atoms with E-state index in [1.807, 2.05) is 6.20 Å². The van der Waals surface area contributed by atoms with Gasteiger partial charge >= 0.3 is 0 Å². The van der Waals surface area contributed by atoms with E-state index < -0.39 is 0 Å². The third-order valence-electron chi connectivity index (χ3n) is 5.47. The summed E-state index contributed by atoms with van der Waals surface area (Å²) in [4.78, 5) is 7.28. The molecule has 0 atom stereocenters.